The summed E-state index contributed by atoms with van der Waals surface area (Å²) in [5, 5.41) is 25.2. The fourth-order valence-electron chi connectivity index (χ4n) is 2.06. The van der Waals surface area contributed by atoms with E-state index in [1.807, 2.05) is 6.92 Å². The molecule has 11 heteroatoms. The number of hydrazone groups is 1. The third-order valence-corrected chi connectivity index (χ3v) is 3.49. The third-order valence-electron chi connectivity index (χ3n) is 3.49. The molecule has 0 aliphatic heterocycles. The van der Waals surface area contributed by atoms with Crippen LogP contribution in [0.1, 0.15) is 37.8 Å². The van der Waals surface area contributed by atoms with Crippen LogP contribution in [-0.2, 0) is 9.53 Å². The number of halogens is 3. The van der Waals surface area contributed by atoms with Crippen molar-refractivity contribution in [3.63, 3.8) is 0 Å². The summed E-state index contributed by atoms with van der Waals surface area (Å²) in [6.07, 6.45) is 1.86. The molecule has 28 heavy (non-hydrogen) atoms. The zero-order chi connectivity index (χ0) is 21.4. The molecular weight excluding hydrogens is 383 g/mol. The lowest BCUT2D eigenvalue weighted by Crippen LogP contribution is -2.16. The average molecular weight is 403 g/mol. The number of aliphatic hydroxyl groups excluding tert-OH is 1. The van der Waals surface area contributed by atoms with Crippen molar-refractivity contribution in [1.82, 2.24) is 5.43 Å². The van der Waals surface area contributed by atoms with E-state index in [0.717, 1.165) is 13.1 Å². The monoisotopic (exact) mass is 403 g/mol. The molecule has 154 valence electrons. The van der Waals surface area contributed by atoms with Gasteiger partial charge in [-0.1, -0.05) is 13.8 Å². The smallest absolute Gasteiger partial charge is 0.343 e. The van der Waals surface area contributed by atoms with Crippen molar-refractivity contribution in [1.29, 1.82) is 0 Å². The lowest BCUT2D eigenvalue weighted by atomic mass is 10.0. The summed E-state index contributed by atoms with van der Waals surface area (Å²) >= 11 is 0. The Morgan fingerprint density at radius 2 is 1.89 bits per heavy atom. The summed E-state index contributed by atoms with van der Waals surface area (Å²) < 4.78 is 47.1. The molecule has 0 aliphatic rings. The van der Waals surface area contributed by atoms with E-state index in [-0.39, 0.29) is 6.61 Å². The number of ether oxygens (including phenoxy) is 1. The maximum Gasteiger partial charge on any atom is 0.343 e. The van der Waals surface area contributed by atoms with Crippen molar-refractivity contribution in [2.24, 2.45) is 5.10 Å². The maximum atomic E-state index is 14.5. The standard InChI is InChI=1S/C17H20F3N3O5/c1-4-6-21-22-8-10(17(25)28-7-5-2)16(24)11-12(18)9(3)13(19)14(20)15(11)23(26)27/h8,21,24H,4-7H2,1-3H3. The van der Waals surface area contributed by atoms with Crippen LogP contribution in [0.3, 0.4) is 0 Å². The summed E-state index contributed by atoms with van der Waals surface area (Å²) in [4.78, 5) is 22.0. The molecule has 0 aromatic heterocycles. The van der Waals surface area contributed by atoms with Crippen LogP contribution in [0.4, 0.5) is 18.9 Å². The SMILES string of the molecule is CCCNN=CC(C(=O)OCCC)=C(O)c1c(F)c(C)c(F)c(F)c1[N+](=O)[O-]. The van der Waals surface area contributed by atoms with Gasteiger partial charge in [0, 0.05) is 12.1 Å². The van der Waals surface area contributed by atoms with Gasteiger partial charge in [0.25, 0.3) is 0 Å². The van der Waals surface area contributed by atoms with Crippen LogP contribution in [0.25, 0.3) is 5.76 Å². The van der Waals surface area contributed by atoms with Crippen molar-refractivity contribution >= 4 is 23.6 Å². The summed E-state index contributed by atoms with van der Waals surface area (Å²) in [7, 11) is 0. The van der Waals surface area contributed by atoms with E-state index in [9.17, 15) is 33.2 Å². The van der Waals surface area contributed by atoms with Crippen molar-refractivity contribution < 1.29 is 32.7 Å². The van der Waals surface area contributed by atoms with Crippen LogP contribution < -0.4 is 5.43 Å². The van der Waals surface area contributed by atoms with Gasteiger partial charge in [-0.15, -0.1) is 0 Å². The molecule has 1 rings (SSSR count). The van der Waals surface area contributed by atoms with Crippen molar-refractivity contribution in [2.45, 2.75) is 33.6 Å². The molecule has 0 aliphatic carbocycles. The van der Waals surface area contributed by atoms with Gasteiger partial charge in [-0.2, -0.15) is 9.49 Å². The van der Waals surface area contributed by atoms with Crippen LogP contribution >= 0.6 is 0 Å². The predicted molar refractivity (Wildman–Crippen MR) is 95.3 cm³/mol. The van der Waals surface area contributed by atoms with Crippen LogP contribution in [-0.4, -0.2) is 35.4 Å². The summed E-state index contributed by atoms with van der Waals surface area (Å²) in [6, 6.07) is 0. The second-order valence-corrected chi connectivity index (χ2v) is 5.61. The number of esters is 1. The quantitative estimate of drug-likeness (QED) is 0.0953. The molecule has 0 bridgehead atoms. The Morgan fingerprint density at radius 3 is 2.43 bits per heavy atom. The number of rotatable bonds is 9. The lowest BCUT2D eigenvalue weighted by molar-refractivity contribution is -0.388. The van der Waals surface area contributed by atoms with Crippen molar-refractivity contribution in [3.8, 4) is 0 Å². The van der Waals surface area contributed by atoms with Gasteiger partial charge in [0.15, 0.2) is 5.82 Å². The molecule has 0 fully saturated rings. The molecule has 1 aromatic carbocycles. The summed E-state index contributed by atoms with van der Waals surface area (Å²) in [6.45, 7) is 4.69. The molecule has 8 nitrogen and oxygen atoms in total. The number of hydrogen-bond acceptors (Lipinski definition) is 7. The highest BCUT2D eigenvalue weighted by molar-refractivity contribution is 6.15. The van der Waals surface area contributed by atoms with E-state index in [0.29, 0.717) is 19.4 Å². The molecule has 0 saturated carbocycles. The van der Waals surface area contributed by atoms with Gasteiger partial charge >= 0.3 is 11.7 Å². The van der Waals surface area contributed by atoms with Crippen LogP contribution in [0.15, 0.2) is 10.7 Å². The first kappa shape index (κ1) is 22.9. The topological polar surface area (TPSA) is 114 Å². The Hall–Kier alpha value is -3.11. The first-order valence-corrected chi connectivity index (χ1v) is 8.36. The summed E-state index contributed by atoms with van der Waals surface area (Å²) in [5.74, 6) is -7.78. The molecule has 0 radical (unpaired) electrons. The highest BCUT2D eigenvalue weighted by atomic mass is 19.2. The minimum absolute atomic E-state index is 0.0623. The largest absolute Gasteiger partial charge is 0.506 e. The second-order valence-electron chi connectivity index (χ2n) is 5.61. The molecular formula is C17H20F3N3O5. The number of nitro groups is 1. The minimum Gasteiger partial charge on any atom is -0.506 e. The fourth-order valence-corrected chi connectivity index (χ4v) is 2.06. The number of nitro benzene ring substituents is 1. The van der Waals surface area contributed by atoms with Gasteiger partial charge in [0.1, 0.15) is 22.7 Å². The highest BCUT2D eigenvalue weighted by Gasteiger charge is 2.35. The van der Waals surface area contributed by atoms with E-state index in [2.05, 4.69) is 10.5 Å². The average Bonchev–Trinajstić information content (AvgIpc) is 2.66. The van der Waals surface area contributed by atoms with Gasteiger partial charge in [-0.05, 0) is 19.8 Å². The zero-order valence-corrected chi connectivity index (χ0v) is 15.5. The van der Waals surface area contributed by atoms with Gasteiger partial charge in [0.2, 0.25) is 5.82 Å². The van der Waals surface area contributed by atoms with Gasteiger partial charge in [-0.25, -0.2) is 13.6 Å². The number of carbonyl (C=O) groups excluding carboxylic acids is 1. The third kappa shape index (κ3) is 4.99. The number of nitrogens with one attached hydrogen (secondary N) is 1. The Balaban J connectivity index is 3.72. The van der Waals surface area contributed by atoms with Gasteiger partial charge in [-0.3, -0.25) is 10.1 Å². The normalized spacial score (nSPS) is 12.1. The number of nitrogens with zero attached hydrogens (tertiary/aromatic N) is 2. The van der Waals surface area contributed by atoms with Crippen LogP contribution in [0, 0.1) is 34.5 Å². The molecule has 0 amide bonds. The fraction of sp³-hybridized carbons (Fsp3) is 0.412. The van der Waals surface area contributed by atoms with E-state index in [1.54, 1.807) is 6.92 Å². The molecule has 1 aromatic rings. The van der Waals surface area contributed by atoms with Crippen molar-refractivity contribution in [3.05, 3.63) is 44.3 Å². The first-order valence-electron chi connectivity index (χ1n) is 8.36. The highest BCUT2D eigenvalue weighted by Crippen LogP contribution is 2.35. The maximum absolute atomic E-state index is 14.5. The zero-order valence-electron chi connectivity index (χ0n) is 15.5. The van der Waals surface area contributed by atoms with Gasteiger partial charge < -0.3 is 15.3 Å². The number of hydrogen-bond donors (Lipinski definition) is 2. The molecule has 0 atom stereocenters. The van der Waals surface area contributed by atoms with E-state index >= 15 is 0 Å². The molecule has 0 saturated heterocycles. The van der Waals surface area contributed by atoms with Crippen LogP contribution in [0.5, 0.6) is 0 Å². The number of aliphatic hydroxyl groups is 1. The first-order chi connectivity index (χ1) is 13.2. The Kier molecular flexibility index (Phi) is 8.42. The van der Waals surface area contributed by atoms with Gasteiger partial charge in [0.05, 0.1) is 17.7 Å². The molecule has 0 unspecified atom stereocenters. The van der Waals surface area contributed by atoms with Crippen molar-refractivity contribution in [2.75, 3.05) is 13.2 Å². The predicted octanol–water partition coefficient (Wildman–Crippen LogP) is 3.53. The van der Waals surface area contributed by atoms with Crippen LogP contribution in [0.2, 0.25) is 0 Å². The number of benzene rings is 1. The number of carbonyl (C=O) groups is 1. The summed E-state index contributed by atoms with van der Waals surface area (Å²) in [5.41, 5.74) is -2.05. The molecule has 0 spiro atoms. The Labute approximate surface area is 158 Å². The molecule has 0 heterocycles. The lowest BCUT2D eigenvalue weighted by Gasteiger charge is -2.11. The minimum atomic E-state index is -1.97. The second kappa shape index (κ2) is 10.3. The Bertz CT molecular complexity index is 825. The van der Waals surface area contributed by atoms with E-state index in [1.165, 1.54) is 0 Å². The van der Waals surface area contributed by atoms with E-state index < -0.39 is 56.5 Å². The Morgan fingerprint density at radius 1 is 1.25 bits per heavy atom. The van der Waals surface area contributed by atoms with E-state index in [4.69, 9.17) is 4.74 Å². The molecule has 2 N–H and O–H groups in total.